The molecule has 6 aliphatic heterocycles. The number of rotatable bonds is 5. The average molecular weight is 1070 g/mol. The van der Waals surface area contributed by atoms with E-state index >= 15 is 0 Å². The number of phenols is 3. The summed E-state index contributed by atoms with van der Waals surface area (Å²) in [6, 6.07) is 11.4. The maximum Gasteiger partial charge on any atom is 0.186 e. The van der Waals surface area contributed by atoms with E-state index in [0.717, 1.165) is 121 Å². The summed E-state index contributed by atoms with van der Waals surface area (Å²) in [5.41, 5.74) is 5.48. The Morgan fingerprint density at radius 1 is 0.662 bits per heavy atom. The number of nitrogens with zero attached hydrogens (tertiary/aromatic N) is 1. The van der Waals surface area contributed by atoms with E-state index in [0.29, 0.717) is 55.3 Å². The first-order chi connectivity index (χ1) is 37.2. The molecule has 7 fully saturated rings. The fourth-order valence-corrected chi connectivity index (χ4v) is 19.9. The van der Waals surface area contributed by atoms with Gasteiger partial charge < -0.3 is 72.0 Å². The van der Waals surface area contributed by atoms with Crippen molar-refractivity contribution in [2.24, 2.45) is 17.8 Å². The van der Waals surface area contributed by atoms with Crippen LogP contribution in [0.3, 0.4) is 0 Å². The molecule has 0 radical (unpaired) electrons. The second-order valence-electron chi connectivity index (χ2n) is 26.6. The van der Waals surface area contributed by atoms with Gasteiger partial charge in [-0.15, -0.1) is 0 Å². The molecule has 9 N–H and O–H groups in total. The van der Waals surface area contributed by atoms with Crippen LogP contribution < -0.4 is 36.4 Å². The monoisotopic (exact) mass is 1070 g/mol. The lowest BCUT2D eigenvalue weighted by molar-refractivity contribution is -0.944. The Morgan fingerprint density at radius 3 is 1.65 bits per heavy atom. The van der Waals surface area contributed by atoms with E-state index in [1.54, 1.807) is 18.2 Å². The fraction of sp³-hybridized carbons (Fsp3) is 0.607. The van der Waals surface area contributed by atoms with E-state index in [4.69, 9.17) is 15.6 Å². The highest BCUT2D eigenvalue weighted by Gasteiger charge is 2.79. The van der Waals surface area contributed by atoms with Gasteiger partial charge in [-0.3, -0.25) is 9.18 Å². The van der Waals surface area contributed by atoms with Crippen LogP contribution in [0.25, 0.3) is 0 Å². The molecule has 2 unspecified atom stereocenters. The number of aromatic nitrogens is 1. The zero-order valence-corrected chi connectivity index (χ0v) is 44.1. The number of carbonyl (C=O) groups is 1. The number of aliphatic hydroxyl groups is 3. The third kappa shape index (κ3) is 5.61. The molecule has 9 aliphatic carbocycles. The van der Waals surface area contributed by atoms with Crippen LogP contribution in [0.15, 0.2) is 36.4 Å². The van der Waals surface area contributed by atoms with Crippen LogP contribution in [0.4, 0.5) is 4.39 Å². The SMILES string of the molecule is O=C1CC[C@@]2(O)[C@H]3Cc4ccc(O)c5c4[C@@]2(CC[NH+]3CC2CC2)[C@H]1O5.Oc1ccc2c3c1O[C@H]1c4[nH]c5c(c4C[C@@]4(O)[C@@H](C2)[N+](=CC2CC2)CC[C@]314)C[C@@]1(O)[C@H]2Cc3ccc(O)c4c3[C@@]1(CC[NH+]2CC1CC1)[C@H]5O4.[2H]CF.[Cl-]. The Bertz CT molecular complexity index is 3350. The Kier molecular flexibility index (Phi) is 9.46. The number of alkyl halides is 1. The molecule has 3 spiro atoms. The molecule has 3 aromatic carbocycles. The van der Waals surface area contributed by atoms with Crippen molar-refractivity contribution in [1.29, 1.82) is 0 Å². The molecule has 4 saturated carbocycles. The third-order valence-electron chi connectivity index (χ3n) is 23.4. The van der Waals surface area contributed by atoms with Gasteiger partial charge in [-0.25, -0.2) is 4.58 Å². The summed E-state index contributed by atoms with van der Waals surface area (Å²) in [5, 5.41) is 71.7. The predicted octanol–water partition coefficient (Wildman–Crippen LogP) is -0.114. The number of nitrogens with one attached hydrogen (secondary N) is 3. The lowest BCUT2D eigenvalue weighted by Crippen LogP contribution is -3.21. The van der Waals surface area contributed by atoms with Gasteiger partial charge in [0.25, 0.3) is 0 Å². The van der Waals surface area contributed by atoms with Crippen molar-refractivity contribution in [3.63, 3.8) is 0 Å². The fourth-order valence-electron chi connectivity index (χ4n) is 19.9. The molecule has 6 bridgehead atoms. The number of likely N-dealkylation sites (tertiary alicyclic amines) is 2. The number of H-pyrrole nitrogens is 1. The first-order valence-electron chi connectivity index (χ1n) is 29.6. The minimum absolute atomic E-state index is 0. The summed E-state index contributed by atoms with van der Waals surface area (Å²) in [4.78, 5) is 19.6. The van der Waals surface area contributed by atoms with E-state index in [1.807, 2.05) is 12.1 Å². The molecular weight excluding hydrogens is 1000 g/mol. The molecule has 406 valence electrons. The summed E-state index contributed by atoms with van der Waals surface area (Å²) in [5.74, 6) is 4.13. The van der Waals surface area contributed by atoms with Gasteiger partial charge in [0.2, 0.25) is 0 Å². The van der Waals surface area contributed by atoms with Crippen LogP contribution in [-0.4, -0.2) is 133 Å². The number of ether oxygens (including phenoxy) is 3. The molecule has 4 aromatic rings. The number of fused-ring (bicyclic) bond motifs is 5. The molecule has 0 amide bonds. The van der Waals surface area contributed by atoms with Gasteiger partial charge in [0.15, 0.2) is 64.6 Å². The number of carbonyl (C=O) groups excluding carboxylic acids is 1. The van der Waals surface area contributed by atoms with Crippen LogP contribution in [0.2, 0.25) is 0 Å². The minimum Gasteiger partial charge on any atom is -1.00 e. The molecule has 14 atom stereocenters. The quantitative estimate of drug-likeness (QED) is 0.122. The molecule has 1 aromatic heterocycles. The zero-order chi connectivity index (χ0) is 52.1. The maximum atomic E-state index is 13.5. The van der Waals surface area contributed by atoms with Crippen molar-refractivity contribution in [3.8, 4) is 34.5 Å². The van der Waals surface area contributed by atoms with E-state index in [2.05, 4.69) is 21.8 Å². The molecule has 14 nitrogen and oxygen atoms in total. The summed E-state index contributed by atoms with van der Waals surface area (Å²) < 4.78 is 37.9. The van der Waals surface area contributed by atoms with Gasteiger partial charge in [-0.1, -0.05) is 18.2 Å². The first kappa shape index (κ1) is 47.0. The molecule has 3 saturated heterocycles. The van der Waals surface area contributed by atoms with E-state index in [-0.39, 0.29) is 53.6 Å². The van der Waals surface area contributed by atoms with Crippen molar-refractivity contribution in [2.75, 3.05) is 39.9 Å². The zero-order valence-electron chi connectivity index (χ0n) is 44.3. The third-order valence-corrected chi connectivity index (χ3v) is 23.4. The number of halogens is 2. The smallest absolute Gasteiger partial charge is 0.186 e. The first-order valence-corrected chi connectivity index (χ1v) is 28.9. The Labute approximate surface area is 454 Å². The number of phenolic OH excluding ortho intramolecular Hbond substituents is 3. The number of aromatic amines is 1. The highest BCUT2D eigenvalue weighted by molar-refractivity contribution is 5.90. The van der Waals surface area contributed by atoms with Gasteiger partial charge in [0.1, 0.15) is 41.6 Å². The number of aromatic hydroxyl groups is 3. The molecule has 19 rings (SSSR count). The number of quaternary nitrogens is 2. The van der Waals surface area contributed by atoms with Crippen LogP contribution in [0.1, 0.15) is 140 Å². The lowest BCUT2D eigenvalue weighted by atomic mass is 9.47. The molecule has 16 heteroatoms. The number of hydrogen-bond donors (Lipinski definition) is 9. The van der Waals surface area contributed by atoms with Gasteiger partial charge in [0.05, 0.1) is 62.3 Å². The maximum absolute atomic E-state index is 13.5. The van der Waals surface area contributed by atoms with Crippen molar-refractivity contribution in [2.45, 2.75) is 172 Å². The molecule has 7 heterocycles. The van der Waals surface area contributed by atoms with Crippen LogP contribution in [-0.2, 0) is 53.1 Å². The van der Waals surface area contributed by atoms with Crippen LogP contribution >= 0.6 is 0 Å². The summed E-state index contributed by atoms with van der Waals surface area (Å²) >= 11 is 0. The number of piperidine rings is 3. The minimum atomic E-state index is -1.12. The number of benzene rings is 3. The van der Waals surface area contributed by atoms with Crippen molar-refractivity contribution >= 4 is 12.0 Å². The molecular formula is C61H70ClFN4O10+2. The summed E-state index contributed by atoms with van der Waals surface area (Å²) in [6.45, 7) is 5.05. The van der Waals surface area contributed by atoms with Crippen LogP contribution in [0.5, 0.6) is 34.5 Å². The van der Waals surface area contributed by atoms with E-state index in [1.165, 1.54) is 59.5 Å². The second-order valence-corrected chi connectivity index (χ2v) is 26.6. The Hall–Kier alpha value is -4.90. The number of Topliss-reactive ketones (excluding diaryl/α,β-unsaturated/α-hetero) is 1. The van der Waals surface area contributed by atoms with Crippen LogP contribution in [0, 0.1) is 17.8 Å². The van der Waals surface area contributed by atoms with Crippen molar-refractivity contribution in [1.82, 2.24) is 4.98 Å². The number of ketones is 1. The Morgan fingerprint density at radius 2 is 1.13 bits per heavy atom. The van der Waals surface area contributed by atoms with E-state index < -0.39 is 58.5 Å². The number of hydrogen-bond acceptors (Lipinski definition) is 10. The topological polar surface area (TPSA) is 194 Å². The molecule has 77 heavy (non-hydrogen) atoms. The largest absolute Gasteiger partial charge is 1.00 e. The summed E-state index contributed by atoms with van der Waals surface area (Å²) in [7, 11) is -1.00. The average Bonchev–Trinajstić information content (AvgIpc) is 2.11. The highest BCUT2D eigenvalue weighted by Crippen LogP contribution is 2.72. The van der Waals surface area contributed by atoms with Gasteiger partial charge in [-0.05, 0) is 91.0 Å². The predicted molar refractivity (Wildman–Crippen MR) is 272 cm³/mol. The molecule has 15 aliphatic rings. The van der Waals surface area contributed by atoms with E-state index in [9.17, 15) is 39.8 Å². The van der Waals surface area contributed by atoms with Crippen molar-refractivity contribution in [3.05, 3.63) is 92.3 Å². The normalized spacial score (nSPS) is 41.7. The highest BCUT2D eigenvalue weighted by atomic mass is 35.5. The standard InChI is InChI=1S/C40H41N3O6.C20H23NO4.CH3F.ClH/c44-25-7-5-21-13-27-39(46)15-23-24-16-40(47)28-14-22-6-8-26(45)34-30(22)38(40,10-12-43(28)18-20-3-4-20)36(49-34)32(24)41-31(23)35-37(39,29(21)33(25)48-35)9-11-42(27)17-19-1-2-19;22-13-4-3-12-9-15-20(24)6-5-14(23)18-19(20,16(12)17(13)25-18)7-8-21(15)10-11-1-2-11;1-2;/h5-8,17,19-20,27-28,35-36,41,46-47H,1-4,9-16,18H2,(H-,44,45);3-4,11,15,18,22,24H,1-2,5-10H2;1H3;1H/p+2/t27-,28-,35+,36+,37+,38+,39-,40-;15-,18+,19+,20-;;/m11../s1/i;;1D;. The Balaban J connectivity index is 0.000000147. The lowest BCUT2D eigenvalue weighted by Gasteiger charge is -2.60. The van der Waals surface area contributed by atoms with Gasteiger partial charge >= 0.3 is 0 Å². The van der Waals surface area contributed by atoms with Gasteiger partial charge in [-0.2, -0.15) is 0 Å². The van der Waals surface area contributed by atoms with Crippen molar-refractivity contribution < 1.29 is 82.2 Å². The van der Waals surface area contributed by atoms with Gasteiger partial charge in [0, 0.05) is 92.2 Å². The second kappa shape index (κ2) is 15.5. The summed E-state index contributed by atoms with van der Waals surface area (Å²) in [6.07, 6.45) is 14.9.